The molecular formula is C40H58N2O7. The normalized spacial score (nSPS) is 42.8. The number of rotatable bonds is 8. The number of carbonyl (C=O) groups is 3. The van der Waals surface area contributed by atoms with Crippen LogP contribution >= 0.6 is 0 Å². The maximum atomic E-state index is 14.3. The van der Waals surface area contributed by atoms with E-state index in [-0.39, 0.29) is 41.7 Å². The predicted molar refractivity (Wildman–Crippen MR) is 184 cm³/mol. The molecule has 1 N–H and O–H groups in total. The second-order valence-electron chi connectivity index (χ2n) is 17.1. The highest BCUT2D eigenvalue weighted by molar-refractivity contribution is 5.89. The van der Waals surface area contributed by atoms with Gasteiger partial charge in [-0.2, -0.15) is 0 Å². The maximum Gasteiger partial charge on any atom is 0.328 e. The van der Waals surface area contributed by atoms with Gasteiger partial charge in [-0.05, 0) is 92.4 Å². The summed E-state index contributed by atoms with van der Waals surface area (Å²) in [5, 5.41) is 2.92. The van der Waals surface area contributed by atoms with E-state index in [1.165, 1.54) is 18.4 Å². The average Bonchev–Trinajstić information content (AvgIpc) is 3.69. The Kier molecular flexibility index (Phi) is 9.22. The van der Waals surface area contributed by atoms with E-state index in [9.17, 15) is 14.4 Å². The fraction of sp³-hybridized carbons (Fsp3) is 0.775. The van der Waals surface area contributed by atoms with Gasteiger partial charge in [0.05, 0.1) is 31.8 Å². The summed E-state index contributed by atoms with van der Waals surface area (Å²) < 4.78 is 25.2. The third-order valence-electron chi connectivity index (χ3n) is 14.9. The van der Waals surface area contributed by atoms with E-state index in [0.29, 0.717) is 48.7 Å². The number of nitrogens with zero attached hydrogens (tertiary/aromatic N) is 1. The standard InChI is InChI=1S/C40H58N2O7/c1-25-12-17-40(48-24-25)26(2)35-32(49-40)20-31-29-13-16-39(38(5,18-19-47-39)30(29)14-15-37(31,35)4)21-34(44)42(27(3)36(45)46-6)23-33(43)41-22-28-10-8-7-9-11-28/h7-11,25-27,29-32,35H,12-24H2,1-6H3,(H,41,43)/t25-,26+,27+,29-,30+,31+,32+,35+,37+,38-,39-,40-/m1/s1. The highest BCUT2D eigenvalue weighted by atomic mass is 16.7. The summed E-state index contributed by atoms with van der Waals surface area (Å²) in [4.78, 5) is 41.6. The van der Waals surface area contributed by atoms with Crippen LogP contribution in [0.5, 0.6) is 0 Å². The summed E-state index contributed by atoms with van der Waals surface area (Å²) in [7, 11) is 1.32. The zero-order chi connectivity index (χ0) is 34.8. The number of nitrogens with one attached hydrogen (secondary N) is 1. The first-order valence-corrected chi connectivity index (χ1v) is 19.0. The van der Waals surface area contributed by atoms with Gasteiger partial charge >= 0.3 is 5.97 Å². The first kappa shape index (κ1) is 34.9. The van der Waals surface area contributed by atoms with E-state index in [1.807, 2.05) is 30.3 Å². The molecule has 0 unspecified atom stereocenters. The van der Waals surface area contributed by atoms with Gasteiger partial charge in [0, 0.05) is 30.9 Å². The fourth-order valence-corrected chi connectivity index (χ4v) is 12.1. The number of amides is 2. The second kappa shape index (κ2) is 12.9. The lowest BCUT2D eigenvalue weighted by molar-refractivity contribution is -0.273. The molecule has 270 valence electrons. The van der Waals surface area contributed by atoms with Crippen molar-refractivity contribution in [2.24, 2.45) is 46.3 Å². The molecule has 6 fully saturated rings. The van der Waals surface area contributed by atoms with Crippen LogP contribution in [-0.2, 0) is 39.9 Å². The molecular weight excluding hydrogens is 620 g/mol. The SMILES string of the molecule is COC(=O)[C@H](C)N(CC(=O)NCc1ccccc1)C(=O)C[C@]12CC[C@H]3[C@@H]4C[C@@H]5O[C@]6(CC[C@@H](C)CO6)[C@@H](C)[C@@H]5[C@@]4(C)CC[C@@H]3[C@@]1(C)CCO2. The molecule has 3 saturated heterocycles. The van der Waals surface area contributed by atoms with Gasteiger partial charge in [0.1, 0.15) is 12.6 Å². The third-order valence-corrected chi connectivity index (χ3v) is 14.9. The molecule has 12 atom stereocenters. The van der Waals surface area contributed by atoms with Crippen molar-refractivity contribution >= 4 is 17.8 Å². The van der Waals surface area contributed by atoms with Crippen LogP contribution in [0.1, 0.15) is 98.0 Å². The van der Waals surface area contributed by atoms with E-state index < -0.39 is 23.4 Å². The van der Waals surface area contributed by atoms with E-state index in [1.54, 1.807) is 6.92 Å². The molecule has 1 spiro atoms. The molecule has 6 aliphatic rings. The summed E-state index contributed by atoms with van der Waals surface area (Å²) in [6.45, 7) is 12.8. The van der Waals surface area contributed by atoms with Crippen LogP contribution < -0.4 is 5.32 Å². The molecule has 3 heterocycles. The molecule has 0 aromatic heterocycles. The summed E-state index contributed by atoms with van der Waals surface area (Å²) in [5.74, 6) is 1.59. The number of ether oxygens (including phenoxy) is 4. The van der Waals surface area contributed by atoms with Crippen LogP contribution in [0.4, 0.5) is 0 Å². The van der Waals surface area contributed by atoms with Gasteiger partial charge in [-0.3, -0.25) is 9.59 Å². The number of esters is 1. The summed E-state index contributed by atoms with van der Waals surface area (Å²) in [6, 6.07) is 8.76. The Hall–Kier alpha value is -2.49. The van der Waals surface area contributed by atoms with Crippen molar-refractivity contribution in [3.8, 4) is 0 Å². The van der Waals surface area contributed by atoms with Crippen LogP contribution in [0, 0.1) is 46.3 Å². The Balaban J connectivity index is 1.07. The van der Waals surface area contributed by atoms with E-state index in [2.05, 4.69) is 33.0 Å². The number of hydrogen-bond acceptors (Lipinski definition) is 7. The van der Waals surface area contributed by atoms with Crippen molar-refractivity contribution in [3.05, 3.63) is 35.9 Å². The lowest BCUT2D eigenvalue weighted by Gasteiger charge is -2.61. The van der Waals surface area contributed by atoms with Crippen molar-refractivity contribution in [3.63, 3.8) is 0 Å². The molecule has 49 heavy (non-hydrogen) atoms. The average molecular weight is 679 g/mol. The molecule has 1 aromatic carbocycles. The van der Waals surface area contributed by atoms with Crippen molar-refractivity contribution in [2.45, 2.75) is 122 Å². The van der Waals surface area contributed by atoms with Gasteiger partial charge in [0.2, 0.25) is 11.8 Å². The first-order chi connectivity index (χ1) is 23.4. The zero-order valence-electron chi connectivity index (χ0n) is 30.5. The molecule has 1 aromatic rings. The highest BCUT2D eigenvalue weighted by Gasteiger charge is 2.71. The molecule has 3 aliphatic carbocycles. The lowest BCUT2D eigenvalue weighted by Crippen LogP contribution is -2.60. The van der Waals surface area contributed by atoms with Crippen molar-refractivity contribution in [1.29, 1.82) is 0 Å². The van der Waals surface area contributed by atoms with Crippen molar-refractivity contribution in [2.75, 3.05) is 26.9 Å². The predicted octanol–water partition coefficient (Wildman–Crippen LogP) is 5.89. The number of carbonyl (C=O) groups excluding carboxylic acids is 3. The van der Waals surface area contributed by atoms with E-state index >= 15 is 0 Å². The minimum atomic E-state index is -0.893. The van der Waals surface area contributed by atoms with Gasteiger partial charge in [-0.15, -0.1) is 0 Å². The van der Waals surface area contributed by atoms with Gasteiger partial charge in [-0.1, -0.05) is 58.0 Å². The number of methoxy groups -OCH3 is 1. The van der Waals surface area contributed by atoms with Crippen LogP contribution in [0.2, 0.25) is 0 Å². The lowest BCUT2D eigenvalue weighted by atomic mass is 9.45. The third kappa shape index (κ3) is 5.65. The number of hydrogen-bond donors (Lipinski definition) is 1. The molecule has 3 saturated carbocycles. The monoisotopic (exact) mass is 678 g/mol. The summed E-state index contributed by atoms with van der Waals surface area (Å²) >= 11 is 0. The van der Waals surface area contributed by atoms with Crippen LogP contribution in [-0.4, -0.2) is 73.1 Å². The zero-order valence-corrected chi connectivity index (χ0v) is 30.5. The molecule has 9 nitrogen and oxygen atoms in total. The topological polar surface area (TPSA) is 103 Å². The Morgan fingerprint density at radius 1 is 1.00 bits per heavy atom. The largest absolute Gasteiger partial charge is 0.467 e. The van der Waals surface area contributed by atoms with Gasteiger partial charge in [-0.25, -0.2) is 4.79 Å². The molecule has 2 amide bonds. The van der Waals surface area contributed by atoms with Crippen LogP contribution in [0.15, 0.2) is 30.3 Å². The highest BCUT2D eigenvalue weighted by Crippen LogP contribution is 2.72. The summed E-state index contributed by atoms with van der Waals surface area (Å²) in [6.07, 6.45) is 8.70. The fourth-order valence-electron chi connectivity index (χ4n) is 12.1. The molecule has 9 heteroatoms. The Morgan fingerprint density at radius 3 is 2.49 bits per heavy atom. The Labute approximate surface area is 292 Å². The van der Waals surface area contributed by atoms with E-state index in [0.717, 1.165) is 57.1 Å². The van der Waals surface area contributed by atoms with E-state index in [4.69, 9.17) is 18.9 Å². The minimum absolute atomic E-state index is 0.158. The summed E-state index contributed by atoms with van der Waals surface area (Å²) in [5.41, 5.74) is 0.388. The molecule has 0 radical (unpaired) electrons. The van der Waals surface area contributed by atoms with Crippen LogP contribution in [0.25, 0.3) is 0 Å². The number of benzene rings is 1. The van der Waals surface area contributed by atoms with Crippen molar-refractivity contribution < 1.29 is 33.3 Å². The van der Waals surface area contributed by atoms with Crippen LogP contribution in [0.3, 0.4) is 0 Å². The first-order valence-electron chi connectivity index (χ1n) is 19.0. The Bertz CT molecular complexity index is 1410. The van der Waals surface area contributed by atoms with Gasteiger partial charge in [0.15, 0.2) is 5.79 Å². The molecule has 3 aliphatic heterocycles. The van der Waals surface area contributed by atoms with Gasteiger partial charge in [0.25, 0.3) is 0 Å². The van der Waals surface area contributed by atoms with Crippen molar-refractivity contribution in [1.82, 2.24) is 10.2 Å². The van der Waals surface area contributed by atoms with Gasteiger partial charge < -0.3 is 29.2 Å². The minimum Gasteiger partial charge on any atom is -0.467 e. The molecule has 7 rings (SSSR count). The smallest absolute Gasteiger partial charge is 0.328 e. The molecule has 0 bridgehead atoms. The quantitative estimate of drug-likeness (QED) is 0.342. The number of fused-ring (bicyclic) bond motifs is 7. The second-order valence-corrected chi connectivity index (χ2v) is 17.1. The Morgan fingerprint density at radius 2 is 1.78 bits per heavy atom. The maximum absolute atomic E-state index is 14.3.